The monoisotopic (exact) mass is 297 g/mol. The van der Waals surface area contributed by atoms with Gasteiger partial charge in [-0.25, -0.2) is 4.79 Å². The van der Waals surface area contributed by atoms with Gasteiger partial charge in [0, 0.05) is 31.7 Å². The summed E-state index contributed by atoms with van der Waals surface area (Å²) in [5.41, 5.74) is 0. The quantitative estimate of drug-likeness (QED) is 0.834. The van der Waals surface area contributed by atoms with Crippen LogP contribution in [-0.2, 0) is 4.79 Å². The van der Waals surface area contributed by atoms with E-state index in [-0.39, 0.29) is 25.0 Å². The van der Waals surface area contributed by atoms with Crippen LogP contribution in [0.3, 0.4) is 0 Å². The zero-order chi connectivity index (χ0) is 15.4. The second-order valence-electron chi connectivity index (χ2n) is 6.35. The first-order valence-corrected chi connectivity index (χ1v) is 8.00. The summed E-state index contributed by atoms with van der Waals surface area (Å²) < 4.78 is 0. The van der Waals surface area contributed by atoms with E-state index >= 15 is 0 Å². The third-order valence-electron chi connectivity index (χ3n) is 4.53. The predicted molar refractivity (Wildman–Crippen MR) is 80.3 cm³/mol. The van der Waals surface area contributed by atoms with Crippen LogP contribution >= 0.6 is 0 Å². The number of amides is 2. The maximum absolute atomic E-state index is 12.6. The van der Waals surface area contributed by atoms with Gasteiger partial charge in [0.2, 0.25) is 0 Å². The van der Waals surface area contributed by atoms with E-state index in [1.165, 1.54) is 12.8 Å². The lowest BCUT2D eigenvalue weighted by Crippen LogP contribution is -2.47. The minimum atomic E-state index is -0.857. The summed E-state index contributed by atoms with van der Waals surface area (Å²) in [6, 6.07) is 0.514. The van der Waals surface area contributed by atoms with Crippen LogP contribution in [0.5, 0.6) is 0 Å². The SMILES string of the molecule is CC(C)N(CCC(=O)O)C(=O)N1CCC(N2CCCC2)C1. The lowest BCUT2D eigenvalue weighted by molar-refractivity contribution is -0.137. The Bertz CT molecular complexity index is 380. The summed E-state index contributed by atoms with van der Waals surface area (Å²) >= 11 is 0. The molecular formula is C15H27N3O3. The molecular weight excluding hydrogens is 270 g/mol. The summed E-state index contributed by atoms with van der Waals surface area (Å²) in [5, 5.41) is 8.82. The van der Waals surface area contributed by atoms with Crippen LogP contribution in [-0.4, -0.2) is 76.6 Å². The van der Waals surface area contributed by atoms with Crippen LogP contribution in [0.4, 0.5) is 4.79 Å². The smallest absolute Gasteiger partial charge is 0.320 e. The number of carbonyl (C=O) groups excluding carboxylic acids is 1. The Morgan fingerprint density at radius 2 is 1.90 bits per heavy atom. The van der Waals surface area contributed by atoms with Gasteiger partial charge in [0.1, 0.15) is 0 Å². The van der Waals surface area contributed by atoms with Crippen molar-refractivity contribution < 1.29 is 14.7 Å². The van der Waals surface area contributed by atoms with E-state index in [4.69, 9.17) is 5.11 Å². The first-order valence-electron chi connectivity index (χ1n) is 8.00. The zero-order valence-corrected chi connectivity index (χ0v) is 13.1. The minimum Gasteiger partial charge on any atom is -0.481 e. The van der Waals surface area contributed by atoms with Crippen molar-refractivity contribution in [2.75, 3.05) is 32.7 Å². The highest BCUT2D eigenvalue weighted by Gasteiger charge is 2.34. The molecule has 0 aromatic rings. The molecule has 1 atom stereocenters. The molecule has 0 aromatic heterocycles. The molecule has 2 fully saturated rings. The number of carbonyl (C=O) groups is 2. The van der Waals surface area contributed by atoms with Crippen molar-refractivity contribution in [2.24, 2.45) is 0 Å². The number of carboxylic acid groups (broad SMARTS) is 1. The van der Waals surface area contributed by atoms with Crippen LogP contribution < -0.4 is 0 Å². The van der Waals surface area contributed by atoms with Crippen LogP contribution in [0.25, 0.3) is 0 Å². The van der Waals surface area contributed by atoms with Crippen molar-refractivity contribution in [1.82, 2.24) is 14.7 Å². The number of rotatable bonds is 5. The first kappa shape index (κ1) is 16.1. The number of urea groups is 1. The predicted octanol–water partition coefficient (Wildman–Crippen LogP) is 1.46. The summed E-state index contributed by atoms with van der Waals surface area (Å²) in [6.07, 6.45) is 3.58. The van der Waals surface area contributed by atoms with Gasteiger partial charge in [-0.3, -0.25) is 9.69 Å². The Kier molecular flexibility index (Phi) is 5.45. The van der Waals surface area contributed by atoms with Crippen LogP contribution in [0.15, 0.2) is 0 Å². The molecule has 0 saturated carbocycles. The Balaban J connectivity index is 1.89. The lowest BCUT2D eigenvalue weighted by Gasteiger charge is -2.31. The highest BCUT2D eigenvalue weighted by molar-refractivity contribution is 5.76. The first-order chi connectivity index (χ1) is 9.99. The van der Waals surface area contributed by atoms with Gasteiger partial charge in [-0.05, 0) is 46.2 Å². The highest BCUT2D eigenvalue weighted by Crippen LogP contribution is 2.21. The zero-order valence-electron chi connectivity index (χ0n) is 13.1. The molecule has 2 aliphatic rings. The van der Waals surface area contributed by atoms with Gasteiger partial charge in [0.25, 0.3) is 0 Å². The molecule has 2 amide bonds. The minimum absolute atomic E-state index is 0.00653. The maximum atomic E-state index is 12.6. The van der Waals surface area contributed by atoms with Crippen molar-refractivity contribution in [3.8, 4) is 0 Å². The van der Waals surface area contributed by atoms with E-state index in [1.807, 2.05) is 18.7 Å². The van der Waals surface area contributed by atoms with Crippen LogP contribution in [0.2, 0.25) is 0 Å². The molecule has 120 valence electrons. The summed E-state index contributed by atoms with van der Waals surface area (Å²) in [6.45, 7) is 8.04. The molecule has 2 aliphatic heterocycles. The Hall–Kier alpha value is -1.30. The van der Waals surface area contributed by atoms with Gasteiger partial charge in [-0.15, -0.1) is 0 Å². The lowest BCUT2D eigenvalue weighted by atomic mass is 10.2. The fourth-order valence-electron chi connectivity index (χ4n) is 3.29. The summed E-state index contributed by atoms with van der Waals surface area (Å²) in [4.78, 5) is 29.4. The Morgan fingerprint density at radius 3 is 2.48 bits per heavy atom. The third-order valence-corrected chi connectivity index (χ3v) is 4.53. The number of likely N-dealkylation sites (tertiary alicyclic amines) is 2. The van der Waals surface area contributed by atoms with Crippen molar-refractivity contribution in [1.29, 1.82) is 0 Å². The molecule has 0 spiro atoms. The van der Waals surface area contributed by atoms with E-state index in [9.17, 15) is 9.59 Å². The molecule has 0 radical (unpaired) electrons. The molecule has 1 N–H and O–H groups in total. The number of aliphatic carboxylic acids is 1. The fourth-order valence-corrected chi connectivity index (χ4v) is 3.29. The van der Waals surface area contributed by atoms with E-state index in [0.29, 0.717) is 6.04 Å². The topological polar surface area (TPSA) is 64.1 Å². The van der Waals surface area contributed by atoms with Crippen molar-refractivity contribution >= 4 is 12.0 Å². The van der Waals surface area contributed by atoms with Gasteiger partial charge < -0.3 is 14.9 Å². The van der Waals surface area contributed by atoms with Crippen molar-refractivity contribution in [3.63, 3.8) is 0 Å². The molecule has 0 aromatic carbocycles. The van der Waals surface area contributed by atoms with E-state index in [0.717, 1.165) is 32.6 Å². The number of hydrogen-bond acceptors (Lipinski definition) is 3. The van der Waals surface area contributed by atoms with E-state index in [1.54, 1.807) is 4.90 Å². The molecule has 6 heteroatoms. The Morgan fingerprint density at radius 1 is 1.24 bits per heavy atom. The van der Waals surface area contributed by atoms with Crippen LogP contribution in [0.1, 0.15) is 39.5 Å². The average Bonchev–Trinajstić information content (AvgIpc) is 3.09. The standard InChI is InChI=1S/C15H27N3O3/c1-12(2)18(10-6-14(19)20)15(21)17-9-5-13(11-17)16-7-3-4-8-16/h12-13H,3-11H2,1-2H3,(H,19,20). The second kappa shape index (κ2) is 7.11. The van der Waals surface area contributed by atoms with Gasteiger partial charge in [0.15, 0.2) is 0 Å². The van der Waals surface area contributed by atoms with E-state index < -0.39 is 5.97 Å². The molecule has 6 nitrogen and oxygen atoms in total. The van der Waals surface area contributed by atoms with Crippen LogP contribution in [0, 0.1) is 0 Å². The van der Waals surface area contributed by atoms with Gasteiger partial charge in [-0.1, -0.05) is 0 Å². The molecule has 0 bridgehead atoms. The maximum Gasteiger partial charge on any atom is 0.320 e. The molecule has 0 aliphatic carbocycles. The van der Waals surface area contributed by atoms with Gasteiger partial charge in [-0.2, -0.15) is 0 Å². The largest absolute Gasteiger partial charge is 0.481 e. The summed E-state index contributed by atoms with van der Waals surface area (Å²) in [5.74, 6) is -0.857. The van der Waals surface area contributed by atoms with Crippen molar-refractivity contribution in [3.05, 3.63) is 0 Å². The molecule has 2 saturated heterocycles. The van der Waals surface area contributed by atoms with Crippen molar-refractivity contribution in [2.45, 2.75) is 51.6 Å². The molecule has 2 rings (SSSR count). The fraction of sp³-hybridized carbons (Fsp3) is 0.867. The number of hydrogen-bond donors (Lipinski definition) is 1. The average molecular weight is 297 g/mol. The molecule has 21 heavy (non-hydrogen) atoms. The summed E-state index contributed by atoms with van der Waals surface area (Å²) in [7, 11) is 0. The van der Waals surface area contributed by atoms with E-state index in [2.05, 4.69) is 4.90 Å². The third kappa shape index (κ3) is 4.09. The Labute approximate surface area is 126 Å². The second-order valence-corrected chi connectivity index (χ2v) is 6.35. The normalized spacial score (nSPS) is 23.0. The number of nitrogens with zero attached hydrogens (tertiary/aromatic N) is 3. The van der Waals surface area contributed by atoms with Gasteiger partial charge >= 0.3 is 12.0 Å². The highest BCUT2D eigenvalue weighted by atomic mass is 16.4. The molecule has 1 unspecified atom stereocenters. The van der Waals surface area contributed by atoms with Gasteiger partial charge in [0.05, 0.1) is 6.42 Å². The molecule has 2 heterocycles. The number of carboxylic acids is 1.